The number of carbonyl (C=O) groups is 2. The normalized spacial score (nSPS) is 15.2. The molecule has 0 fully saturated rings. The number of carbonyl (C=O) groups excluding carboxylic acids is 2. The topological polar surface area (TPSA) is 81.1 Å². The zero-order valence-electron chi connectivity index (χ0n) is 17.3. The summed E-state index contributed by atoms with van der Waals surface area (Å²) in [5.41, 5.74) is 2.71. The molecule has 0 spiro atoms. The van der Waals surface area contributed by atoms with Gasteiger partial charge in [0, 0.05) is 12.6 Å². The summed E-state index contributed by atoms with van der Waals surface area (Å²) >= 11 is 5.94. The van der Waals surface area contributed by atoms with Crippen molar-refractivity contribution in [2.24, 2.45) is 5.10 Å². The van der Waals surface area contributed by atoms with Crippen LogP contribution >= 0.6 is 11.6 Å². The molecule has 8 heteroatoms. The number of pyridine rings is 1. The van der Waals surface area contributed by atoms with Crippen molar-refractivity contribution in [1.82, 2.24) is 9.99 Å². The molecular formula is C24H20ClN3O4. The molecule has 0 radical (unpaired) electrons. The SMILES string of the molecule is COc1ccc([C@H]2CC(c3ccccc3)=NN2C(=O)COC(=O)c2cccnc2Cl)cc1. The number of nitrogens with zero attached hydrogens (tertiary/aromatic N) is 3. The number of methoxy groups -OCH3 is 1. The number of benzene rings is 2. The number of ether oxygens (including phenoxy) is 2. The van der Waals surface area contributed by atoms with Gasteiger partial charge >= 0.3 is 5.97 Å². The van der Waals surface area contributed by atoms with Crippen LogP contribution < -0.4 is 4.74 Å². The van der Waals surface area contributed by atoms with Crippen molar-refractivity contribution in [2.45, 2.75) is 12.5 Å². The van der Waals surface area contributed by atoms with E-state index in [0.29, 0.717) is 6.42 Å². The second-order valence-corrected chi connectivity index (χ2v) is 7.42. The molecule has 7 nitrogen and oxygen atoms in total. The van der Waals surface area contributed by atoms with E-state index in [2.05, 4.69) is 10.1 Å². The van der Waals surface area contributed by atoms with E-state index in [1.165, 1.54) is 17.3 Å². The van der Waals surface area contributed by atoms with Crippen LogP contribution in [-0.2, 0) is 9.53 Å². The van der Waals surface area contributed by atoms with E-state index < -0.39 is 18.5 Å². The van der Waals surface area contributed by atoms with Crippen LogP contribution in [0.4, 0.5) is 0 Å². The predicted molar refractivity (Wildman–Crippen MR) is 120 cm³/mol. The molecule has 4 rings (SSSR count). The van der Waals surface area contributed by atoms with Gasteiger partial charge in [0.05, 0.1) is 24.4 Å². The van der Waals surface area contributed by atoms with Gasteiger partial charge in [0.15, 0.2) is 6.61 Å². The summed E-state index contributed by atoms with van der Waals surface area (Å²) in [6, 6.07) is 19.9. The minimum atomic E-state index is -0.719. The number of hydrogen-bond acceptors (Lipinski definition) is 6. The number of rotatable bonds is 6. The molecule has 0 N–H and O–H groups in total. The Morgan fingerprint density at radius 1 is 1.06 bits per heavy atom. The number of amides is 1. The molecule has 0 saturated carbocycles. The molecule has 1 aliphatic rings. The molecule has 3 aromatic rings. The smallest absolute Gasteiger partial charge is 0.341 e. The fourth-order valence-electron chi connectivity index (χ4n) is 3.44. The van der Waals surface area contributed by atoms with Crippen molar-refractivity contribution in [2.75, 3.05) is 13.7 Å². The first kappa shape index (κ1) is 21.5. The van der Waals surface area contributed by atoms with Crippen LogP contribution in [0.2, 0.25) is 5.15 Å². The fraction of sp³-hybridized carbons (Fsp3) is 0.167. The van der Waals surface area contributed by atoms with Gasteiger partial charge in [0.2, 0.25) is 0 Å². The average Bonchev–Trinajstić information content (AvgIpc) is 3.29. The molecule has 1 amide bonds. The summed E-state index contributed by atoms with van der Waals surface area (Å²) in [5.74, 6) is -0.440. The van der Waals surface area contributed by atoms with Crippen molar-refractivity contribution >= 4 is 29.2 Å². The first-order valence-electron chi connectivity index (χ1n) is 9.93. The Kier molecular flexibility index (Phi) is 6.47. The molecule has 1 atom stereocenters. The molecular weight excluding hydrogens is 430 g/mol. The number of aromatic nitrogens is 1. The first-order valence-corrected chi connectivity index (χ1v) is 10.3. The molecule has 1 aromatic heterocycles. The summed E-state index contributed by atoms with van der Waals surface area (Å²) in [7, 11) is 1.60. The van der Waals surface area contributed by atoms with Crippen molar-refractivity contribution in [3.05, 3.63) is 94.8 Å². The van der Waals surface area contributed by atoms with Gasteiger partial charge in [0.25, 0.3) is 5.91 Å². The maximum atomic E-state index is 13.0. The monoisotopic (exact) mass is 449 g/mol. The molecule has 0 saturated heterocycles. The van der Waals surface area contributed by atoms with Gasteiger partial charge in [-0.15, -0.1) is 0 Å². The lowest BCUT2D eigenvalue weighted by Crippen LogP contribution is -2.31. The van der Waals surface area contributed by atoms with Crippen LogP contribution in [0.1, 0.15) is 33.9 Å². The van der Waals surface area contributed by atoms with Crippen LogP contribution in [0, 0.1) is 0 Å². The van der Waals surface area contributed by atoms with Gasteiger partial charge in [0.1, 0.15) is 10.9 Å². The minimum absolute atomic E-state index is 0.0200. The minimum Gasteiger partial charge on any atom is -0.497 e. The highest BCUT2D eigenvalue weighted by Gasteiger charge is 2.33. The van der Waals surface area contributed by atoms with E-state index in [4.69, 9.17) is 21.1 Å². The highest BCUT2D eigenvalue weighted by atomic mass is 35.5. The Bertz CT molecular complexity index is 1150. The number of esters is 1. The Morgan fingerprint density at radius 3 is 2.50 bits per heavy atom. The predicted octanol–water partition coefficient (Wildman–Crippen LogP) is 4.28. The second-order valence-electron chi connectivity index (χ2n) is 7.06. The zero-order chi connectivity index (χ0) is 22.5. The lowest BCUT2D eigenvalue weighted by Gasteiger charge is -2.22. The first-order chi connectivity index (χ1) is 15.6. The van der Waals surface area contributed by atoms with Crippen molar-refractivity contribution in [3.8, 4) is 5.75 Å². The number of hydrazone groups is 1. The van der Waals surface area contributed by atoms with Crippen LogP contribution in [0.15, 0.2) is 78.0 Å². The van der Waals surface area contributed by atoms with Gasteiger partial charge in [-0.2, -0.15) is 5.10 Å². The average molecular weight is 450 g/mol. The number of halogens is 1. The summed E-state index contributed by atoms with van der Waals surface area (Å²) in [6.45, 7) is -0.470. The quantitative estimate of drug-likeness (QED) is 0.414. The molecule has 0 aliphatic carbocycles. The Morgan fingerprint density at radius 2 is 1.81 bits per heavy atom. The molecule has 0 unspecified atom stereocenters. The lowest BCUT2D eigenvalue weighted by molar-refractivity contribution is -0.136. The van der Waals surface area contributed by atoms with Gasteiger partial charge in [-0.1, -0.05) is 54.1 Å². The maximum absolute atomic E-state index is 13.0. The van der Waals surface area contributed by atoms with Crippen molar-refractivity contribution in [1.29, 1.82) is 0 Å². The highest BCUT2D eigenvalue weighted by molar-refractivity contribution is 6.32. The van der Waals surface area contributed by atoms with Crippen LogP contribution in [0.3, 0.4) is 0 Å². The molecule has 32 heavy (non-hydrogen) atoms. The van der Waals surface area contributed by atoms with E-state index in [1.54, 1.807) is 13.2 Å². The van der Waals surface area contributed by atoms with E-state index in [-0.39, 0.29) is 16.8 Å². The van der Waals surface area contributed by atoms with Gasteiger partial charge in [-0.25, -0.2) is 14.8 Å². The molecule has 2 heterocycles. The summed E-state index contributed by atoms with van der Waals surface area (Å²) in [6.07, 6.45) is 2.00. The third kappa shape index (κ3) is 4.63. The van der Waals surface area contributed by atoms with Gasteiger partial charge < -0.3 is 9.47 Å². The Labute approximate surface area is 190 Å². The molecule has 162 valence electrons. The highest BCUT2D eigenvalue weighted by Crippen LogP contribution is 2.33. The third-order valence-corrected chi connectivity index (χ3v) is 5.38. The molecule has 1 aliphatic heterocycles. The van der Waals surface area contributed by atoms with Crippen LogP contribution in [-0.4, -0.2) is 41.3 Å². The van der Waals surface area contributed by atoms with Crippen molar-refractivity contribution < 1.29 is 19.1 Å². The Hall–Kier alpha value is -3.71. The van der Waals surface area contributed by atoms with Gasteiger partial charge in [-0.05, 0) is 35.4 Å². The van der Waals surface area contributed by atoms with E-state index in [1.807, 2.05) is 54.6 Å². The van der Waals surface area contributed by atoms with E-state index >= 15 is 0 Å². The zero-order valence-corrected chi connectivity index (χ0v) is 18.0. The fourth-order valence-corrected chi connectivity index (χ4v) is 3.64. The Balaban J connectivity index is 1.55. The van der Waals surface area contributed by atoms with Gasteiger partial charge in [-0.3, -0.25) is 4.79 Å². The largest absolute Gasteiger partial charge is 0.497 e. The summed E-state index contributed by atoms with van der Waals surface area (Å²) in [4.78, 5) is 29.2. The van der Waals surface area contributed by atoms with Crippen molar-refractivity contribution in [3.63, 3.8) is 0 Å². The number of hydrogen-bond donors (Lipinski definition) is 0. The summed E-state index contributed by atoms with van der Waals surface area (Å²) < 4.78 is 10.4. The maximum Gasteiger partial charge on any atom is 0.341 e. The van der Waals surface area contributed by atoms with E-state index in [9.17, 15) is 9.59 Å². The lowest BCUT2D eigenvalue weighted by atomic mass is 9.98. The third-order valence-electron chi connectivity index (χ3n) is 5.08. The second kappa shape index (κ2) is 9.62. The molecule has 0 bridgehead atoms. The summed E-state index contributed by atoms with van der Waals surface area (Å²) in [5, 5.41) is 5.96. The molecule has 2 aromatic carbocycles. The van der Waals surface area contributed by atoms with E-state index in [0.717, 1.165) is 22.6 Å². The van der Waals surface area contributed by atoms with Crippen LogP contribution in [0.5, 0.6) is 5.75 Å². The standard InChI is InChI=1S/C24H20ClN3O4/c1-31-18-11-9-17(10-12-18)21-14-20(16-6-3-2-4-7-16)27-28(21)22(29)15-32-24(30)19-8-5-13-26-23(19)25/h2-13,21H,14-15H2,1H3/t21-/m1/s1. The van der Waals surface area contributed by atoms with Crippen LogP contribution in [0.25, 0.3) is 0 Å².